The maximum Gasteiger partial charge on any atom is 0.407 e. The quantitative estimate of drug-likeness (QED) is 0.0154. The summed E-state index contributed by atoms with van der Waals surface area (Å²) in [5.74, 6) is -12.6. The number of carboxylic acid groups (broad SMARTS) is 4. The number of nitrogen functional groups attached to an aromatic ring is 1. The molecule has 0 radical (unpaired) electrons. The summed E-state index contributed by atoms with van der Waals surface area (Å²) in [6.45, 7) is 2.60. The molecule has 5 aromatic carbocycles. The minimum Gasteiger partial charge on any atom is -0.508 e. The molecule has 1 fully saturated rings. The summed E-state index contributed by atoms with van der Waals surface area (Å²) in [4.78, 5) is 171. The first-order valence-corrected chi connectivity index (χ1v) is 38.1. The maximum atomic E-state index is 13.6. The van der Waals surface area contributed by atoms with Crippen LogP contribution in [0.5, 0.6) is 28.9 Å². The van der Waals surface area contributed by atoms with Gasteiger partial charge >= 0.3 is 35.9 Å². The van der Waals surface area contributed by atoms with Crippen LogP contribution in [0.2, 0.25) is 0 Å². The van der Waals surface area contributed by atoms with E-state index in [-0.39, 0.29) is 101 Å². The number of carbonyl (C=O) groups excluding carboxylic acids is 8. The minimum atomic E-state index is -2.08. The molecule has 4 aliphatic rings. The fourth-order valence-corrected chi connectivity index (χ4v) is 14.7. The van der Waals surface area contributed by atoms with Gasteiger partial charge in [-0.05, 0) is 173 Å². The number of benzene rings is 5. The second-order valence-corrected chi connectivity index (χ2v) is 29.1. The molecule has 19 N–H and O–H groups in total. The molecule has 1 unspecified atom stereocenters. The topological polar surface area (TPSA) is 603 Å². The summed E-state index contributed by atoms with van der Waals surface area (Å²) in [5, 5.41) is 105. The highest BCUT2D eigenvalue weighted by molar-refractivity contribution is 7.80. The van der Waals surface area contributed by atoms with Crippen molar-refractivity contribution in [3.8, 4) is 34.6 Å². The number of phenolic OH excluding ortho intramolecular Hbond substituents is 2. The molecule has 622 valence electrons. The Morgan fingerprint density at radius 2 is 1.24 bits per heavy atom. The van der Waals surface area contributed by atoms with E-state index in [1.54, 1.807) is 66.2 Å². The van der Waals surface area contributed by atoms with Gasteiger partial charge in [-0.3, -0.25) is 43.2 Å². The van der Waals surface area contributed by atoms with E-state index in [0.717, 1.165) is 24.2 Å². The van der Waals surface area contributed by atoms with E-state index in [1.807, 2.05) is 5.32 Å². The van der Waals surface area contributed by atoms with E-state index >= 15 is 0 Å². The molecule has 1 spiro atoms. The number of unbranched alkanes of at least 4 members (excludes halogenated alkanes) is 1. The van der Waals surface area contributed by atoms with Crippen LogP contribution in [0.15, 0.2) is 109 Å². The summed E-state index contributed by atoms with van der Waals surface area (Å²) >= 11 is 5.53. The SMILES string of the molecule is C[C@H](CCCCNC(=O)c1ccc(-n2nnc3c2CC[C@H]2C(CC3)[C@H]2COC(=O)NCCNC(=S)Nc2ccc3c(c2)C(=O)OC32c3ccc(O)cc3Oc3cc(O)ccc32)cc1)NC(=O)[C@H](CC(=O)O)NC(=O)[C@H](CC(=O)O)NC(=O)[C@H](CC(=O)O)NC(=O)CC[C@H](NC(=O)c1ccc(NCc2cnc3nc(N)nc(O)c3n2)cc1)C(=O)O. The van der Waals surface area contributed by atoms with Crippen LogP contribution in [-0.2, 0) is 72.8 Å². The number of aliphatic carboxylic acids is 4. The minimum absolute atomic E-state index is 0.00527. The molecule has 8 atom stereocenters. The number of hydrogen-bond donors (Lipinski definition) is 18. The lowest BCUT2D eigenvalue weighted by atomic mass is 9.77. The molecule has 1 saturated carbocycles. The van der Waals surface area contributed by atoms with Gasteiger partial charge in [0.1, 0.15) is 47.2 Å². The van der Waals surface area contributed by atoms with Gasteiger partial charge in [0, 0.05) is 83.4 Å². The maximum absolute atomic E-state index is 13.6. The van der Waals surface area contributed by atoms with Crippen LogP contribution in [0, 0.1) is 17.8 Å². The Labute approximate surface area is 680 Å². The average Bonchev–Trinajstić information content (AvgIpc) is 1.59. The zero-order chi connectivity index (χ0) is 84.9. The number of alkyl carbamates (subject to hydrolysis) is 1. The van der Waals surface area contributed by atoms with Crippen LogP contribution >= 0.6 is 12.2 Å². The third kappa shape index (κ3) is 20.6. The molecule has 2 aliphatic heterocycles. The number of anilines is 3. The average molecular weight is 1660 g/mol. The Balaban J connectivity index is 0.531. The number of nitrogens with two attached hydrogens (primary N) is 1. The monoisotopic (exact) mass is 1650 g/mol. The van der Waals surface area contributed by atoms with Crippen molar-refractivity contribution in [3.63, 3.8) is 0 Å². The van der Waals surface area contributed by atoms with Gasteiger partial charge in [-0.15, -0.1) is 5.10 Å². The number of hydrogen-bond acceptors (Lipinski definition) is 27. The van der Waals surface area contributed by atoms with E-state index in [4.69, 9.17) is 32.2 Å². The van der Waals surface area contributed by atoms with Gasteiger partial charge in [-0.1, -0.05) is 11.3 Å². The van der Waals surface area contributed by atoms with Crippen LogP contribution < -0.4 is 63.6 Å². The smallest absolute Gasteiger partial charge is 0.407 e. The molecule has 8 aromatic rings. The van der Waals surface area contributed by atoms with E-state index < -0.39 is 139 Å². The normalized spacial score (nSPS) is 16.2. The van der Waals surface area contributed by atoms with Crippen LogP contribution in [0.25, 0.3) is 16.9 Å². The van der Waals surface area contributed by atoms with Crippen molar-refractivity contribution in [1.82, 2.24) is 77.5 Å². The number of fused-ring (bicyclic) bond motifs is 9. The van der Waals surface area contributed by atoms with Crippen LogP contribution in [-0.4, -0.2) is 204 Å². The molecular formula is C78H82N18O22S. The lowest BCUT2D eigenvalue weighted by molar-refractivity contribution is -0.144. The van der Waals surface area contributed by atoms with Gasteiger partial charge in [-0.2, -0.15) is 9.97 Å². The molecule has 7 amide bonds. The summed E-state index contributed by atoms with van der Waals surface area (Å²) in [7, 11) is 0. The number of carbonyl (C=O) groups is 12. The number of nitrogens with one attached hydrogen (secondary N) is 10. The zero-order valence-electron chi connectivity index (χ0n) is 63.4. The van der Waals surface area contributed by atoms with Gasteiger partial charge in [0.15, 0.2) is 21.9 Å². The Hall–Kier alpha value is -14.4. The second-order valence-electron chi connectivity index (χ2n) is 28.7. The standard InChI is InChI=1S/C78H82N18O22S/c1-37(85-69(108)56(32-63(102)103)90-71(110)57(33-64(104)105)91-70(109)55(31-62(100)101)88-61(99)24-22-54(73(112)113)89-68(107)39-5-9-40(10-6-39)83-34-42-35-84-66-65(86-42)72(111)93-75(79)92-66)4-2-3-25-80-67(106)38-7-12-43(13-8-38)96-58-23-17-47-46(16-21-53(58)94-95-96)49(47)36-116-77(115)82-27-26-81-76(119)87-41-11-18-50-48(28-41)74(114)118-78(50)51-19-14-44(97)29-59(51)117-60-30-45(98)15-20-52(60)78/h5-15,18-20,28-30,35,37,46-47,49,54-57,83,97-98H,2-4,16-17,21-27,31-34,36H2,1H3,(H,80,106)(H,82,115)(H,85,108)(H,88,99)(H,89,107)(H,90,110)(H,91,109)(H,100,101)(H,102,103)(H,104,105)(H,112,113)(H2,81,87,119)(H3,79,84,92,93,111)/t37-,46?,47+,49-,54+,55+,56+,57+/m1/s1. The first kappa shape index (κ1) is 84.0. The fraction of sp³-hybridized carbons (Fsp3) is 0.346. The van der Waals surface area contributed by atoms with Gasteiger partial charge in [0.25, 0.3) is 11.8 Å². The lowest BCUT2D eigenvalue weighted by Gasteiger charge is -2.36. The van der Waals surface area contributed by atoms with E-state index in [0.29, 0.717) is 88.9 Å². The van der Waals surface area contributed by atoms with Crippen LogP contribution in [0.4, 0.5) is 22.1 Å². The Kier molecular flexibility index (Phi) is 26.1. The van der Waals surface area contributed by atoms with Crippen molar-refractivity contribution in [2.45, 2.75) is 126 Å². The first-order chi connectivity index (χ1) is 57.0. The number of esters is 1. The molecule has 12 rings (SSSR count). The number of aromatic nitrogens is 7. The molecule has 5 heterocycles. The Bertz CT molecular complexity index is 5250. The van der Waals surface area contributed by atoms with Gasteiger partial charge in [-0.25, -0.2) is 29.0 Å². The molecule has 41 heteroatoms. The summed E-state index contributed by atoms with van der Waals surface area (Å²) in [5.41, 5.74) is 10.2. The summed E-state index contributed by atoms with van der Waals surface area (Å²) in [6.07, 6.45) is 0.351. The van der Waals surface area contributed by atoms with Crippen LogP contribution in [0.1, 0.15) is 136 Å². The highest BCUT2D eigenvalue weighted by atomic mass is 32.1. The Morgan fingerprint density at radius 1 is 0.639 bits per heavy atom. The predicted octanol–water partition coefficient (Wildman–Crippen LogP) is 3.28. The molecular weight excluding hydrogens is 1570 g/mol. The lowest BCUT2D eigenvalue weighted by Crippen LogP contribution is -2.58. The number of amides is 7. The number of carboxylic acids is 4. The molecule has 0 bridgehead atoms. The number of aryl methyl sites for hydroxylation is 1. The molecule has 0 saturated heterocycles. The van der Waals surface area contributed by atoms with E-state index in [1.165, 1.54) is 54.7 Å². The number of aromatic hydroxyl groups is 3. The fourth-order valence-electron chi connectivity index (χ4n) is 14.5. The van der Waals surface area contributed by atoms with Crippen LogP contribution in [0.3, 0.4) is 0 Å². The third-order valence-corrected chi connectivity index (χ3v) is 20.7. The van der Waals surface area contributed by atoms with E-state index in [9.17, 15) is 93.3 Å². The zero-order valence-corrected chi connectivity index (χ0v) is 64.2. The first-order valence-electron chi connectivity index (χ1n) is 37.7. The predicted molar refractivity (Wildman–Crippen MR) is 420 cm³/mol. The highest BCUT2D eigenvalue weighted by Crippen LogP contribution is 2.58. The van der Waals surface area contributed by atoms with E-state index in [2.05, 4.69) is 78.1 Å². The van der Waals surface area contributed by atoms with Gasteiger partial charge in [0.2, 0.25) is 35.5 Å². The van der Waals surface area contributed by atoms with Crippen molar-refractivity contribution < 1.29 is 107 Å². The third-order valence-electron chi connectivity index (χ3n) is 20.4. The number of ether oxygens (including phenoxy) is 3. The molecule has 40 nitrogen and oxygen atoms in total. The molecule has 2 aliphatic carbocycles. The molecule has 3 aromatic heterocycles. The van der Waals surface area contributed by atoms with Crippen molar-refractivity contribution in [3.05, 3.63) is 160 Å². The van der Waals surface area contributed by atoms with Crippen molar-refractivity contribution in [1.29, 1.82) is 0 Å². The second kappa shape index (κ2) is 37.0. The van der Waals surface area contributed by atoms with Crippen molar-refractivity contribution in [2.24, 2.45) is 17.8 Å². The number of phenols is 2. The molecule has 119 heavy (non-hydrogen) atoms. The number of nitrogens with zero attached hydrogens (tertiary/aromatic N) is 7. The summed E-state index contributed by atoms with van der Waals surface area (Å²) in [6, 6.07) is 18.4. The summed E-state index contributed by atoms with van der Waals surface area (Å²) < 4.78 is 19.6. The largest absolute Gasteiger partial charge is 0.508 e. The number of rotatable bonds is 35. The van der Waals surface area contributed by atoms with Crippen molar-refractivity contribution >= 4 is 117 Å². The Morgan fingerprint density at radius 3 is 1.88 bits per heavy atom. The van der Waals surface area contributed by atoms with Gasteiger partial charge < -0.3 is 109 Å². The van der Waals surface area contributed by atoms with Gasteiger partial charge in [0.05, 0.1) is 66.9 Å². The van der Waals surface area contributed by atoms with Crippen molar-refractivity contribution in [2.75, 3.05) is 42.6 Å². The number of thiocarbonyl (C=S) groups is 1. The highest BCUT2D eigenvalue weighted by Gasteiger charge is 2.54.